The number of benzene rings is 1. The molecule has 0 radical (unpaired) electrons. The summed E-state index contributed by atoms with van der Waals surface area (Å²) >= 11 is 0. The molecular formula is C15H23NO2. The summed E-state index contributed by atoms with van der Waals surface area (Å²) in [7, 11) is 0. The highest BCUT2D eigenvalue weighted by Crippen LogP contribution is 2.16. The number of hydrogen-bond acceptors (Lipinski definition) is 3. The van der Waals surface area contributed by atoms with Crippen LogP contribution >= 0.6 is 0 Å². The van der Waals surface area contributed by atoms with E-state index >= 15 is 0 Å². The lowest BCUT2D eigenvalue weighted by molar-refractivity contribution is 0.173. The Bertz CT molecular complexity index is 372. The molecule has 1 aliphatic heterocycles. The summed E-state index contributed by atoms with van der Waals surface area (Å²) in [5, 5.41) is 9.42. The molecule has 1 N–H and O–H groups in total. The molecule has 1 atom stereocenters. The summed E-state index contributed by atoms with van der Waals surface area (Å²) in [6.45, 7) is 7.78. The molecule has 100 valence electrons. The van der Waals surface area contributed by atoms with Gasteiger partial charge in [0, 0.05) is 19.6 Å². The zero-order valence-electron chi connectivity index (χ0n) is 11.4. The lowest BCUT2D eigenvalue weighted by Gasteiger charge is -2.15. The van der Waals surface area contributed by atoms with Gasteiger partial charge in [0.1, 0.15) is 5.75 Å². The standard InChI is InChI=1S/C15H23NO2/c1-12-8-13(2)10-15(9-12)18-7-3-5-16-6-4-14(17)11-16/h8-10,14,17H,3-7,11H2,1-2H3/t14-/m1/s1. The molecule has 1 heterocycles. The largest absolute Gasteiger partial charge is 0.494 e. The molecule has 0 spiro atoms. The Balaban J connectivity index is 1.68. The number of aliphatic hydroxyl groups excluding tert-OH is 1. The van der Waals surface area contributed by atoms with Crippen LogP contribution in [0.25, 0.3) is 0 Å². The van der Waals surface area contributed by atoms with Crippen LogP contribution in [0.15, 0.2) is 18.2 Å². The van der Waals surface area contributed by atoms with Crippen LogP contribution in [0.3, 0.4) is 0 Å². The average molecular weight is 249 g/mol. The van der Waals surface area contributed by atoms with E-state index in [2.05, 4.69) is 36.9 Å². The van der Waals surface area contributed by atoms with Crippen molar-refractivity contribution in [3.05, 3.63) is 29.3 Å². The van der Waals surface area contributed by atoms with Gasteiger partial charge in [-0.15, -0.1) is 0 Å². The van der Waals surface area contributed by atoms with Gasteiger partial charge in [0.05, 0.1) is 12.7 Å². The van der Waals surface area contributed by atoms with E-state index in [-0.39, 0.29) is 6.10 Å². The fourth-order valence-electron chi connectivity index (χ4n) is 2.51. The normalized spacial score (nSPS) is 20.3. The van der Waals surface area contributed by atoms with E-state index in [1.165, 1.54) is 11.1 Å². The second kappa shape index (κ2) is 6.21. The van der Waals surface area contributed by atoms with Crippen molar-refractivity contribution in [2.45, 2.75) is 32.8 Å². The Morgan fingerprint density at radius 3 is 2.61 bits per heavy atom. The van der Waals surface area contributed by atoms with Gasteiger partial charge in [-0.2, -0.15) is 0 Å². The van der Waals surface area contributed by atoms with Crippen molar-refractivity contribution in [3.8, 4) is 5.75 Å². The monoisotopic (exact) mass is 249 g/mol. The highest BCUT2D eigenvalue weighted by atomic mass is 16.5. The first kappa shape index (κ1) is 13.4. The van der Waals surface area contributed by atoms with E-state index < -0.39 is 0 Å². The molecule has 1 aliphatic rings. The van der Waals surface area contributed by atoms with Gasteiger partial charge in [-0.1, -0.05) is 6.07 Å². The molecule has 1 aromatic rings. The van der Waals surface area contributed by atoms with Crippen molar-refractivity contribution in [2.75, 3.05) is 26.2 Å². The third-order valence-corrected chi connectivity index (χ3v) is 3.33. The topological polar surface area (TPSA) is 32.7 Å². The minimum absolute atomic E-state index is 0.120. The molecule has 2 rings (SSSR count). The summed E-state index contributed by atoms with van der Waals surface area (Å²) < 4.78 is 5.77. The van der Waals surface area contributed by atoms with E-state index in [4.69, 9.17) is 4.74 Å². The van der Waals surface area contributed by atoms with Gasteiger partial charge in [0.25, 0.3) is 0 Å². The predicted molar refractivity (Wildman–Crippen MR) is 73.1 cm³/mol. The predicted octanol–water partition coefficient (Wildman–Crippen LogP) is 2.14. The zero-order valence-corrected chi connectivity index (χ0v) is 11.4. The summed E-state index contributed by atoms with van der Waals surface area (Å²) in [6.07, 6.45) is 1.81. The molecule has 0 aromatic heterocycles. The first-order chi connectivity index (χ1) is 8.63. The maximum absolute atomic E-state index is 9.42. The Morgan fingerprint density at radius 2 is 2.00 bits per heavy atom. The molecule has 1 saturated heterocycles. The number of rotatable bonds is 5. The van der Waals surface area contributed by atoms with Crippen LogP contribution in [0.1, 0.15) is 24.0 Å². The first-order valence-corrected chi connectivity index (χ1v) is 6.75. The van der Waals surface area contributed by atoms with Gasteiger partial charge in [0.2, 0.25) is 0 Å². The quantitative estimate of drug-likeness (QED) is 0.812. The Morgan fingerprint density at radius 1 is 1.28 bits per heavy atom. The summed E-state index contributed by atoms with van der Waals surface area (Å²) in [5.41, 5.74) is 2.49. The van der Waals surface area contributed by atoms with Crippen molar-refractivity contribution in [1.82, 2.24) is 4.90 Å². The third-order valence-electron chi connectivity index (χ3n) is 3.33. The number of hydrogen-bond donors (Lipinski definition) is 1. The Kier molecular flexibility index (Phi) is 4.61. The van der Waals surface area contributed by atoms with Crippen LogP contribution in [-0.2, 0) is 0 Å². The van der Waals surface area contributed by atoms with Crippen LogP contribution in [0.5, 0.6) is 5.75 Å². The average Bonchev–Trinajstić information content (AvgIpc) is 2.69. The van der Waals surface area contributed by atoms with Gasteiger partial charge in [0.15, 0.2) is 0 Å². The third kappa shape index (κ3) is 4.00. The lowest BCUT2D eigenvalue weighted by atomic mass is 10.1. The van der Waals surface area contributed by atoms with E-state index in [9.17, 15) is 5.11 Å². The molecule has 0 aliphatic carbocycles. The molecule has 0 saturated carbocycles. The minimum atomic E-state index is -0.120. The first-order valence-electron chi connectivity index (χ1n) is 6.75. The van der Waals surface area contributed by atoms with Gasteiger partial charge in [-0.25, -0.2) is 0 Å². The number of ether oxygens (including phenoxy) is 1. The smallest absolute Gasteiger partial charge is 0.119 e. The van der Waals surface area contributed by atoms with E-state index in [0.29, 0.717) is 0 Å². The van der Waals surface area contributed by atoms with Crippen LogP contribution < -0.4 is 4.74 Å². The lowest BCUT2D eigenvalue weighted by Crippen LogP contribution is -2.24. The highest BCUT2D eigenvalue weighted by Gasteiger charge is 2.19. The zero-order chi connectivity index (χ0) is 13.0. The van der Waals surface area contributed by atoms with Crippen LogP contribution in [0.4, 0.5) is 0 Å². The molecule has 3 heteroatoms. The summed E-state index contributed by atoms with van der Waals surface area (Å²) in [6, 6.07) is 6.30. The van der Waals surface area contributed by atoms with E-state index in [0.717, 1.165) is 44.8 Å². The molecule has 3 nitrogen and oxygen atoms in total. The Labute approximate surface area is 109 Å². The SMILES string of the molecule is Cc1cc(C)cc(OCCCN2CC[C@@H](O)C2)c1. The number of β-amino-alcohol motifs (C(OH)–C–C–N with tert-alkyl or cyclic N) is 1. The molecule has 1 fully saturated rings. The molecular weight excluding hydrogens is 226 g/mol. The maximum atomic E-state index is 9.42. The van der Waals surface area contributed by atoms with Crippen LogP contribution in [0, 0.1) is 13.8 Å². The van der Waals surface area contributed by atoms with Gasteiger partial charge >= 0.3 is 0 Å². The van der Waals surface area contributed by atoms with Gasteiger partial charge in [-0.05, 0) is 49.9 Å². The fourth-order valence-corrected chi connectivity index (χ4v) is 2.51. The van der Waals surface area contributed by atoms with Crippen molar-refractivity contribution in [1.29, 1.82) is 0 Å². The van der Waals surface area contributed by atoms with Crippen molar-refractivity contribution in [2.24, 2.45) is 0 Å². The Hall–Kier alpha value is -1.06. The summed E-state index contributed by atoms with van der Waals surface area (Å²) in [5.74, 6) is 0.967. The highest BCUT2D eigenvalue weighted by molar-refractivity contribution is 5.32. The van der Waals surface area contributed by atoms with Gasteiger partial charge in [-0.3, -0.25) is 0 Å². The van der Waals surface area contributed by atoms with E-state index in [1.807, 2.05) is 0 Å². The summed E-state index contributed by atoms with van der Waals surface area (Å²) in [4.78, 5) is 2.30. The molecule has 1 aromatic carbocycles. The van der Waals surface area contributed by atoms with Crippen molar-refractivity contribution in [3.63, 3.8) is 0 Å². The molecule has 18 heavy (non-hydrogen) atoms. The van der Waals surface area contributed by atoms with E-state index in [1.54, 1.807) is 0 Å². The molecule has 0 bridgehead atoms. The maximum Gasteiger partial charge on any atom is 0.119 e. The molecule has 0 amide bonds. The fraction of sp³-hybridized carbons (Fsp3) is 0.600. The second-order valence-corrected chi connectivity index (χ2v) is 5.27. The number of nitrogens with zero attached hydrogens (tertiary/aromatic N) is 1. The molecule has 0 unspecified atom stereocenters. The second-order valence-electron chi connectivity index (χ2n) is 5.27. The minimum Gasteiger partial charge on any atom is -0.494 e. The number of aliphatic hydroxyl groups is 1. The number of aryl methyl sites for hydroxylation is 2. The number of likely N-dealkylation sites (tertiary alicyclic amines) is 1. The van der Waals surface area contributed by atoms with Crippen molar-refractivity contribution < 1.29 is 9.84 Å². The van der Waals surface area contributed by atoms with Gasteiger partial charge < -0.3 is 14.7 Å². The van der Waals surface area contributed by atoms with Crippen molar-refractivity contribution >= 4 is 0 Å². The van der Waals surface area contributed by atoms with Crippen LogP contribution in [0.2, 0.25) is 0 Å². The van der Waals surface area contributed by atoms with Crippen LogP contribution in [-0.4, -0.2) is 42.4 Å².